The minimum atomic E-state index is -2.67. The molecule has 1 saturated heterocycles. The summed E-state index contributed by atoms with van der Waals surface area (Å²) in [6.45, 7) is 0.496. The molecule has 0 amide bonds. The lowest BCUT2D eigenvalue weighted by Crippen LogP contribution is -2.46. The van der Waals surface area contributed by atoms with Gasteiger partial charge in [-0.25, -0.2) is 18.7 Å². The molecular weight excluding hydrogens is 390 g/mol. The number of hydrogen-bond acceptors (Lipinski definition) is 6. The number of rotatable bonds is 6. The van der Waals surface area contributed by atoms with Crippen LogP contribution in [0, 0.1) is 0 Å². The SMILES string of the molecule is Nc1ncc(-c2ccc3cc(OCC(O)CN4CCCC(F)(F)C4)ccc3c2)cn1. The second-order valence-electron chi connectivity index (χ2n) is 7.71. The summed E-state index contributed by atoms with van der Waals surface area (Å²) < 4.78 is 32.7. The van der Waals surface area contributed by atoms with Crippen molar-refractivity contribution in [1.29, 1.82) is 0 Å². The number of nitrogens with two attached hydrogens (primary N) is 1. The van der Waals surface area contributed by atoms with E-state index in [1.807, 2.05) is 36.4 Å². The molecule has 6 nitrogen and oxygen atoms in total. The molecule has 1 unspecified atom stereocenters. The molecule has 1 atom stereocenters. The highest BCUT2D eigenvalue weighted by Crippen LogP contribution is 2.28. The first-order valence-corrected chi connectivity index (χ1v) is 9.91. The number of aliphatic hydroxyl groups excluding tert-OH is 1. The zero-order chi connectivity index (χ0) is 21.1. The Morgan fingerprint density at radius 2 is 1.83 bits per heavy atom. The minimum Gasteiger partial charge on any atom is -0.491 e. The Balaban J connectivity index is 1.37. The largest absolute Gasteiger partial charge is 0.491 e. The van der Waals surface area contributed by atoms with Gasteiger partial charge in [-0.2, -0.15) is 0 Å². The number of aromatic nitrogens is 2. The van der Waals surface area contributed by atoms with Crippen LogP contribution in [0.25, 0.3) is 21.9 Å². The molecule has 0 spiro atoms. The third-order valence-electron chi connectivity index (χ3n) is 5.20. The fourth-order valence-electron chi connectivity index (χ4n) is 3.73. The molecule has 0 radical (unpaired) electrons. The molecule has 0 aliphatic carbocycles. The first-order chi connectivity index (χ1) is 14.4. The lowest BCUT2D eigenvalue weighted by Gasteiger charge is -2.33. The number of alkyl halides is 2. The Kier molecular flexibility index (Phi) is 5.78. The van der Waals surface area contributed by atoms with Gasteiger partial charge in [-0.3, -0.25) is 4.90 Å². The van der Waals surface area contributed by atoms with E-state index in [9.17, 15) is 13.9 Å². The third kappa shape index (κ3) is 5.01. The molecule has 1 aromatic heterocycles. The maximum absolute atomic E-state index is 13.5. The van der Waals surface area contributed by atoms with Gasteiger partial charge in [-0.15, -0.1) is 0 Å². The van der Waals surface area contributed by atoms with Crippen LogP contribution in [0.2, 0.25) is 0 Å². The minimum absolute atomic E-state index is 0.0500. The van der Waals surface area contributed by atoms with Crippen LogP contribution in [0.1, 0.15) is 12.8 Å². The van der Waals surface area contributed by atoms with Crippen LogP contribution in [0.5, 0.6) is 5.75 Å². The molecule has 1 fully saturated rings. The normalized spacial score (nSPS) is 17.7. The molecule has 3 aromatic rings. The zero-order valence-electron chi connectivity index (χ0n) is 16.5. The van der Waals surface area contributed by atoms with E-state index in [4.69, 9.17) is 10.5 Å². The van der Waals surface area contributed by atoms with Crippen LogP contribution in [-0.2, 0) is 0 Å². The Bertz CT molecular complexity index is 1010. The monoisotopic (exact) mass is 414 g/mol. The highest BCUT2D eigenvalue weighted by Gasteiger charge is 2.35. The van der Waals surface area contributed by atoms with E-state index in [2.05, 4.69) is 9.97 Å². The molecule has 4 rings (SSSR count). The van der Waals surface area contributed by atoms with Crippen molar-refractivity contribution in [2.24, 2.45) is 0 Å². The maximum atomic E-state index is 13.5. The van der Waals surface area contributed by atoms with Gasteiger partial charge in [0.15, 0.2) is 0 Å². The molecular formula is C22H24F2N4O2. The average molecular weight is 414 g/mol. The molecule has 3 N–H and O–H groups in total. The fourth-order valence-corrected chi connectivity index (χ4v) is 3.73. The van der Waals surface area contributed by atoms with Gasteiger partial charge >= 0.3 is 0 Å². The molecule has 0 bridgehead atoms. The molecule has 1 aliphatic heterocycles. The predicted octanol–water partition coefficient (Wildman–Crippen LogP) is 3.35. The predicted molar refractivity (Wildman–Crippen MR) is 112 cm³/mol. The summed E-state index contributed by atoms with van der Waals surface area (Å²) >= 11 is 0. The Morgan fingerprint density at radius 3 is 2.60 bits per heavy atom. The highest BCUT2D eigenvalue weighted by atomic mass is 19.3. The van der Waals surface area contributed by atoms with Gasteiger partial charge in [0.05, 0.1) is 6.54 Å². The number of anilines is 1. The lowest BCUT2D eigenvalue weighted by molar-refractivity contribution is -0.0737. The fraction of sp³-hybridized carbons (Fsp3) is 0.364. The second-order valence-corrected chi connectivity index (χ2v) is 7.71. The van der Waals surface area contributed by atoms with Gasteiger partial charge in [-0.1, -0.05) is 18.2 Å². The van der Waals surface area contributed by atoms with Crippen molar-refractivity contribution in [1.82, 2.24) is 14.9 Å². The van der Waals surface area contributed by atoms with Crippen LogP contribution in [0.3, 0.4) is 0 Å². The van der Waals surface area contributed by atoms with E-state index in [1.54, 1.807) is 17.3 Å². The topological polar surface area (TPSA) is 84.5 Å². The third-order valence-corrected chi connectivity index (χ3v) is 5.20. The Morgan fingerprint density at radius 1 is 1.10 bits per heavy atom. The smallest absolute Gasteiger partial charge is 0.260 e. The lowest BCUT2D eigenvalue weighted by atomic mass is 10.0. The van der Waals surface area contributed by atoms with Crippen LogP contribution < -0.4 is 10.5 Å². The molecule has 30 heavy (non-hydrogen) atoms. The second kappa shape index (κ2) is 8.49. The first kappa shape index (κ1) is 20.4. The number of nitrogen functional groups attached to an aromatic ring is 1. The van der Waals surface area contributed by atoms with E-state index < -0.39 is 12.0 Å². The van der Waals surface area contributed by atoms with Crippen LogP contribution in [0.4, 0.5) is 14.7 Å². The zero-order valence-corrected chi connectivity index (χ0v) is 16.5. The summed E-state index contributed by atoms with van der Waals surface area (Å²) in [5, 5.41) is 12.2. The maximum Gasteiger partial charge on any atom is 0.260 e. The number of benzene rings is 2. The number of likely N-dealkylation sites (tertiary alicyclic amines) is 1. The number of nitrogens with zero attached hydrogens (tertiary/aromatic N) is 3. The number of fused-ring (bicyclic) bond motifs is 1. The first-order valence-electron chi connectivity index (χ1n) is 9.91. The van der Waals surface area contributed by atoms with E-state index in [0.29, 0.717) is 18.7 Å². The van der Waals surface area contributed by atoms with Crippen molar-refractivity contribution < 1.29 is 18.6 Å². The molecule has 8 heteroatoms. The molecule has 2 aromatic carbocycles. The number of piperidine rings is 1. The average Bonchev–Trinajstić information content (AvgIpc) is 2.71. The van der Waals surface area contributed by atoms with Crippen molar-refractivity contribution in [2.75, 3.05) is 32.0 Å². The number of aliphatic hydroxyl groups is 1. The number of hydrogen-bond donors (Lipinski definition) is 2. The highest BCUT2D eigenvalue weighted by molar-refractivity contribution is 5.88. The summed E-state index contributed by atoms with van der Waals surface area (Å²) in [6.07, 6.45) is 2.89. The van der Waals surface area contributed by atoms with Gasteiger partial charge in [0.25, 0.3) is 5.92 Å². The van der Waals surface area contributed by atoms with Crippen LogP contribution >= 0.6 is 0 Å². The van der Waals surface area contributed by atoms with Crippen molar-refractivity contribution in [3.8, 4) is 16.9 Å². The van der Waals surface area contributed by atoms with Gasteiger partial charge in [0.2, 0.25) is 5.95 Å². The van der Waals surface area contributed by atoms with E-state index in [-0.39, 0.29) is 32.1 Å². The van der Waals surface area contributed by atoms with Gasteiger partial charge < -0.3 is 15.6 Å². The number of ether oxygens (including phenoxy) is 1. The van der Waals surface area contributed by atoms with Crippen molar-refractivity contribution in [3.63, 3.8) is 0 Å². The van der Waals surface area contributed by atoms with Crippen LogP contribution in [0.15, 0.2) is 48.8 Å². The molecule has 1 aliphatic rings. The summed E-state index contributed by atoms with van der Waals surface area (Å²) in [7, 11) is 0. The summed E-state index contributed by atoms with van der Waals surface area (Å²) in [6, 6.07) is 11.6. The van der Waals surface area contributed by atoms with Gasteiger partial charge in [0, 0.05) is 30.9 Å². The van der Waals surface area contributed by atoms with Crippen LogP contribution in [-0.4, -0.2) is 58.2 Å². The van der Waals surface area contributed by atoms with E-state index in [0.717, 1.165) is 21.9 Å². The number of halogens is 2. The molecule has 2 heterocycles. The standard InChI is InChI=1S/C22H24F2N4O2/c23-22(24)6-1-7-28(14-22)12-19(29)13-30-20-5-4-15-8-16(2-3-17(15)9-20)18-10-26-21(25)27-11-18/h2-5,8-11,19,29H,1,6-7,12-14H2,(H2,25,26,27). The number of β-amino-alcohol motifs (C(OH)–C–C–N with tert-alkyl or cyclic N) is 1. The molecule has 158 valence electrons. The van der Waals surface area contributed by atoms with Crippen molar-refractivity contribution in [2.45, 2.75) is 24.9 Å². The summed E-state index contributed by atoms with van der Waals surface area (Å²) in [5.74, 6) is -1.82. The van der Waals surface area contributed by atoms with Crippen molar-refractivity contribution >= 4 is 16.7 Å². The van der Waals surface area contributed by atoms with Gasteiger partial charge in [0.1, 0.15) is 18.5 Å². The Hall–Kier alpha value is -2.84. The van der Waals surface area contributed by atoms with E-state index >= 15 is 0 Å². The summed E-state index contributed by atoms with van der Waals surface area (Å²) in [4.78, 5) is 9.63. The Labute approximate surface area is 173 Å². The summed E-state index contributed by atoms with van der Waals surface area (Å²) in [5.41, 5.74) is 7.39. The molecule has 0 saturated carbocycles. The quantitative estimate of drug-likeness (QED) is 0.644. The van der Waals surface area contributed by atoms with Gasteiger partial charge in [-0.05, 0) is 47.5 Å². The van der Waals surface area contributed by atoms with Crippen molar-refractivity contribution in [3.05, 3.63) is 48.8 Å². The van der Waals surface area contributed by atoms with E-state index in [1.165, 1.54) is 0 Å².